The number of carbonyl (C=O) groups is 1. The fourth-order valence-electron chi connectivity index (χ4n) is 3.09. The first-order valence-electron chi connectivity index (χ1n) is 8.03. The average molecular weight is 304 g/mol. The molecule has 0 bridgehead atoms. The second-order valence-corrected chi connectivity index (χ2v) is 6.11. The fraction of sp³-hybridized carbons (Fsp3) is 0.625. The Kier molecular flexibility index (Phi) is 4.90. The summed E-state index contributed by atoms with van der Waals surface area (Å²) in [6, 6.07) is 4.22. The van der Waals surface area contributed by atoms with E-state index in [0.717, 1.165) is 56.9 Å². The summed E-state index contributed by atoms with van der Waals surface area (Å²) in [5, 5.41) is 2.99. The first-order chi connectivity index (χ1) is 10.7. The Balaban J connectivity index is 1.49. The van der Waals surface area contributed by atoms with Crippen LogP contribution in [0.25, 0.3) is 0 Å². The minimum absolute atomic E-state index is 0.0792. The summed E-state index contributed by atoms with van der Waals surface area (Å²) in [6.45, 7) is 3.79. The molecule has 2 unspecified atom stereocenters. The van der Waals surface area contributed by atoms with Crippen LogP contribution < -0.4 is 16.0 Å². The molecule has 2 aliphatic rings. The molecular weight excluding hydrogens is 280 g/mol. The van der Waals surface area contributed by atoms with Crippen molar-refractivity contribution in [3.05, 3.63) is 23.9 Å². The number of amides is 1. The zero-order valence-electron chi connectivity index (χ0n) is 12.8. The van der Waals surface area contributed by atoms with Crippen molar-refractivity contribution in [1.29, 1.82) is 0 Å². The largest absolute Gasteiger partial charge is 0.378 e. The molecule has 3 N–H and O–H groups in total. The number of pyridine rings is 1. The highest BCUT2D eigenvalue weighted by molar-refractivity contribution is 5.79. The third-order valence-electron chi connectivity index (χ3n) is 4.45. The Morgan fingerprint density at radius 3 is 2.82 bits per heavy atom. The van der Waals surface area contributed by atoms with Crippen molar-refractivity contribution in [2.45, 2.75) is 31.8 Å². The molecule has 1 aromatic heterocycles. The number of morpholine rings is 1. The van der Waals surface area contributed by atoms with E-state index in [1.165, 1.54) is 0 Å². The molecule has 0 spiro atoms. The average Bonchev–Trinajstić information content (AvgIpc) is 3.00. The van der Waals surface area contributed by atoms with Gasteiger partial charge in [-0.1, -0.05) is 6.07 Å². The summed E-state index contributed by atoms with van der Waals surface area (Å²) >= 11 is 0. The summed E-state index contributed by atoms with van der Waals surface area (Å²) in [5.41, 5.74) is 6.88. The van der Waals surface area contributed by atoms with Crippen molar-refractivity contribution in [1.82, 2.24) is 10.3 Å². The molecule has 0 aromatic carbocycles. The molecule has 1 aliphatic heterocycles. The lowest BCUT2D eigenvalue weighted by atomic mass is 10.1. The van der Waals surface area contributed by atoms with E-state index in [1.54, 1.807) is 0 Å². The minimum atomic E-state index is 0.0792. The number of ether oxygens (including phenoxy) is 1. The van der Waals surface area contributed by atoms with Crippen LogP contribution in [0.4, 0.5) is 5.82 Å². The van der Waals surface area contributed by atoms with Gasteiger partial charge in [0.1, 0.15) is 5.82 Å². The zero-order valence-corrected chi connectivity index (χ0v) is 12.8. The molecule has 120 valence electrons. The van der Waals surface area contributed by atoms with Gasteiger partial charge in [0.15, 0.2) is 0 Å². The molecule has 1 aliphatic carbocycles. The van der Waals surface area contributed by atoms with Crippen LogP contribution in [0.1, 0.15) is 24.8 Å². The maximum absolute atomic E-state index is 12.1. The van der Waals surface area contributed by atoms with Gasteiger partial charge in [-0.25, -0.2) is 4.98 Å². The number of rotatable bonds is 4. The predicted octanol–water partition coefficient (Wildman–Crippen LogP) is 0.662. The number of anilines is 1. The number of nitrogens with two attached hydrogens (primary N) is 1. The fourth-order valence-corrected chi connectivity index (χ4v) is 3.09. The van der Waals surface area contributed by atoms with Crippen LogP contribution >= 0.6 is 0 Å². The van der Waals surface area contributed by atoms with E-state index in [9.17, 15) is 4.79 Å². The lowest BCUT2D eigenvalue weighted by Gasteiger charge is -2.27. The van der Waals surface area contributed by atoms with Crippen LogP contribution in [0.3, 0.4) is 0 Å². The summed E-state index contributed by atoms with van der Waals surface area (Å²) in [6.07, 6.45) is 4.50. The standard InChI is InChI=1S/C16H24N4O2/c17-14-3-2-13(9-14)16(21)19-11-12-1-4-15(18-10-12)20-5-7-22-8-6-20/h1,4,10,13-14H,2-3,5-9,11,17H2,(H,19,21). The predicted molar refractivity (Wildman–Crippen MR) is 84.4 cm³/mol. The number of hydrogen-bond donors (Lipinski definition) is 2. The van der Waals surface area contributed by atoms with E-state index >= 15 is 0 Å². The Hall–Kier alpha value is -1.66. The monoisotopic (exact) mass is 304 g/mol. The molecule has 1 saturated carbocycles. The van der Waals surface area contributed by atoms with Crippen molar-refractivity contribution in [3.8, 4) is 0 Å². The van der Waals surface area contributed by atoms with Gasteiger partial charge in [-0.3, -0.25) is 4.79 Å². The highest BCUT2D eigenvalue weighted by Crippen LogP contribution is 2.24. The Morgan fingerprint density at radius 2 is 2.18 bits per heavy atom. The van der Waals surface area contributed by atoms with E-state index in [0.29, 0.717) is 6.54 Å². The van der Waals surface area contributed by atoms with Crippen LogP contribution in [0.2, 0.25) is 0 Å². The van der Waals surface area contributed by atoms with Crippen LogP contribution in [-0.2, 0) is 16.1 Å². The van der Waals surface area contributed by atoms with Gasteiger partial charge in [-0.2, -0.15) is 0 Å². The Bertz CT molecular complexity index is 499. The normalized spacial score (nSPS) is 25.2. The highest BCUT2D eigenvalue weighted by atomic mass is 16.5. The van der Waals surface area contributed by atoms with E-state index in [4.69, 9.17) is 10.5 Å². The topological polar surface area (TPSA) is 80.5 Å². The van der Waals surface area contributed by atoms with E-state index in [1.807, 2.05) is 18.3 Å². The molecule has 6 heteroatoms. The summed E-state index contributed by atoms with van der Waals surface area (Å²) in [5.74, 6) is 1.17. The quantitative estimate of drug-likeness (QED) is 0.854. The molecule has 2 atom stereocenters. The van der Waals surface area contributed by atoms with Gasteiger partial charge < -0.3 is 20.7 Å². The first kappa shape index (κ1) is 15.2. The third-order valence-corrected chi connectivity index (χ3v) is 4.45. The Morgan fingerprint density at radius 1 is 1.36 bits per heavy atom. The van der Waals surface area contributed by atoms with Gasteiger partial charge in [0.05, 0.1) is 13.2 Å². The molecule has 22 heavy (non-hydrogen) atoms. The highest BCUT2D eigenvalue weighted by Gasteiger charge is 2.27. The molecule has 1 saturated heterocycles. The molecule has 2 fully saturated rings. The summed E-state index contributed by atoms with van der Waals surface area (Å²) < 4.78 is 5.34. The summed E-state index contributed by atoms with van der Waals surface area (Å²) in [7, 11) is 0. The van der Waals surface area contributed by atoms with Crippen molar-refractivity contribution in [2.24, 2.45) is 11.7 Å². The zero-order chi connectivity index (χ0) is 15.4. The first-order valence-corrected chi connectivity index (χ1v) is 8.03. The summed E-state index contributed by atoms with van der Waals surface area (Å²) in [4.78, 5) is 18.8. The second kappa shape index (κ2) is 7.07. The van der Waals surface area contributed by atoms with Crippen LogP contribution in [0.5, 0.6) is 0 Å². The Labute approximate surface area is 131 Å². The number of nitrogens with zero attached hydrogens (tertiary/aromatic N) is 2. The molecule has 0 radical (unpaired) electrons. The van der Waals surface area contributed by atoms with Gasteiger partial charge in [0, 0.05) is 37.8 Å². The molecule has 2 heterocycles. The molecule has 1 aromatic rings. The van der Waals surface area contributed by atoms with Crippen molar-refractivity contribution >= 4 is 11.7 Å². The van der Waals surface area contributed by atoms with Crippen LogP contribution in [0.15, 0.2) is 18.3 Å². The van der Waals surface area contributed by atoms with Gasteiger partial charge in [-0.05, 0) is 30.9 Å². The van der Waals surface area contributed by atoms with Gasteiger partial charge in [-0.15, -0.1) is 0 Å². The van der Waals surface area contributed by atoms with Gasteiger partial charge >= 0.3 is 0 Å². The molecule has 3 rings (SSSR count). The van der Waals surface area contributed by atoms with Crippen molar-refractivity contribution in [3.63, 3.8) is 0 Å². The van der Waals surface area contributed by atoms with Crippen molar-refractivity contribution < 1.29 is 9.53 Å². The van der Waals surface area contributed by atoms with E-state index < -0.39 is 0 Å². The third kappa shape index (κ3) is 3.75. The molecule has 6 nitrogen and oxygen atoms in total. The lowest BCUT2D eigenvalue weighted by Crippen LogP contribution is -2.36. The number of aromatic nitrogens is 1. The SMILES string of the molecule is NC1CCC(C(=O)NCc2ccc(N3CCOCC3)nc2)C1. The van der Waals surface area contributed by atoms with Crippen LogP contribution in [0, 0.1) is 5.92 Å². The molecular formula is C16H24N4O2. The second-order valence-electron chi connectivity index (χ2n) is 6.11. The van der Waals surface area contributed by atoms with E-state index in [-0.39, 0.29) is 17.9 Å². The maximum Gasteiger partial charge on any atom is 0.223 e. The smallest absolute Gasteiger partial charge is 0.223 e. The van der Waals surface area contributed by atoms with E-state index in [2.05, 4.69) is 15.2 Å². The lowest BCUT2D eigenvalue weighted by molar-refractivity contribution is -0.125. The number of carbonyl (C=O) groups excluding carboxylic acids is 1. The number of nitrogens with one attached hydrogen (secondary N) is 1. The minimum Gasteiger partial charge on any atom is -0.378 e. The van der Waals surface area contributed by atoms with Crippen LogP contribution in [-0.4, -0.2) is 43.2 Å². The molecule has 1 amide bonds. The number of hydrogen-bond acceptors (Lipinski definition) is 5. The van der Waals surface area contributed by atoms with Crippen molar-refractivity contribution in [2.75, 3.05) is 31.2 Å². The van der Waals surface area contributed by atoms with Gasteiger partial charge in [0.25, 0.3) is 0 Å². The van der Waals surface area contributed by atoms with Gasteiger partial charge in [0.2, 0.25) is 5.91 Å². The maximum atomic E-state index is 12.1.